The van der Waals surface area contributed by atoms with Gasteiger partial charge in [-0.3, -0.25) is 0 Å². The van der Waals surface area contributed by atoms with Crippen LogP contribution >= 0.6 is 0 Å². The molecule has 3 rings (SSSR count). The monoisotopic (exact) mass is 244 g/mol. The van der Waals surface area contributed by atoms with E-state index < -0.39 is 0 Å². The SMILES string of the molecule is CC1COc2ccc(C(C(C)C)C3CC3)cc2C1. The molecule has 1 heterocycles. The first-order valence-electron chi connectivity index (χ1n) is 7.40. The molecule has 0 amide bonds. The van der Waals surface area contributed by atoms with Crippen LogP contribution in [0.4, 0.5) is 0 Å². The molecule has 18 heavy (non-hydrogen) atoms. The smallest absolute Gasteiger partial charge is 0.122 e. The van der Waals surface area contributed by atoms with Crippen LogP contribution in [0.15, 0.2) is 18.2 Å². The van der Waals surface area contributed by atoms with E-state index in [2.05, 4.69) is 39.0 Å². The summed E-state index contributed by atoms with van der Waals surface area (Å²) in [7, 11) is 0. The molecule has 0 radical (unpaired) electrons. The Morgan fingerprint density at radius 3 is 2.67 bits per heavy atom. The molecule has 2 unspecified atom stereocenters. The van der Waals surface area contributed by atoms with Gasteiger partial charge in [0.15, 0.2) is 0 Å². The lowest BCUT2D eigenvalue weighted by Gasteiger charge is -2.26. The molecule has 1 aromatic rings. The zero-order valence-corrected chi connectivity index (χ0v) is 11.8. The number of ether oxygens (including phenoxy) is 1. The maximum Gasteiger partial charge on any atom is 0.122 e. The lowest BCUT2D eigenvalue weighted by Crippen LogP contribution is -2.19. The van der Waals surface area contributed by atoms with Gasteiger partial charge in [-0.15, -0.1) is 0 Å². The molecule has 2 atom stereocenters. The van der Waals surface area contributed by atoms with Crippen molar-refractivity contribution in [3.8, 4) is 5.75 Å². The van der Waals surface area contributed by atoms with Crippen molar-refractivity contribution in [3.63, 3.8) is 0 Å². The van der Waals surface area contributed by atoms with Gasteiger partial charge in [0.1, 0.15) is 5.75 Å². The van der Waals surface area contributed by atoms with Gasteiger partial charge in [-0.25, -0.2) is 0 Å². The Balaban J connectivity index is 1.90. The molecule has 1 aliphatic carbocycles. The summed E-state index contributed by atoms with van der Waals surface area (Å²) >= 11 is 0. The Hall–Kier alpha value is -0.980. The standard InChI is InChI=1S/C17H24O/c1-11(2)17(13-4-5-13)14-6-7-16-15(9-14)8-12(3)10-18-16/h6-7,9,11-13,17H,4-5,8,10H2,1-3H3. The van der Waals surface area contributed by atoms with Crippen LogP contribution < -0.4 is 4.74 Å². The highest BCUT2D eigenvalue weighted by atomic mass is 16.5. The van der Waals surface area contributed by atoms with Gasteiger partial charge in [0, 0.05) is 0 Å². The summed E-state index contributed by atoms with van der Waals surface area (Å²) in [6.07, 6.45) is 4.03. The first kappa shape index (κ1) is 12.1. The van der Waals surface area contributed by atoms with Crippen molar-refractivity contribution in [2.75, 3.05) is 6.61 Å². The van der Waals surface area contributed by atoms with Crippen LogP contribution in [0.25, 0.3) is 0 Å². The highest BCUT2D eigenvalue weighted by Gasteiger charge is 2.34. The molecule has 98 valence electrons. The van der Waals surface area contributed by atoms with Gasteiger partial charge >= 0.3 is 0 Å². The number of fused-ring (bicyclic) bond motifs is 1. The molecule has 1 saturated carbocycles. The maximum absolute atomic E-state index is 5.81. The largest absolute Gasteiger partial charge is 0.493 e. The second kappa shape index (κ2) is 4.60. The second-order valence-electron chi connectivity index (χ2n) is 6.59. The summed E-state index contributed by atoms with van der Waals surface area (Å²) < 4.78 is 5.81. The minimum Gasteiger partial charge on any atom is -0.493 e. The molecular weight excluding hydrogens is 220 g/mol. The predicted molar refractivity (Wildman–Crippen MR) is 75.1 cm³/mol. The topological polar surface area (TPSA) is 9.23 Å². The maximum atomic E-state index is 5.81. The van der Waals surface area contributed by atoms with Crippen LogP contribution in [-0.4, -0.2) is 6.61 Å². The van der Waals surface area contributed by atoms with Gasteiger partial charge in [0.05, 0.1) is 6.61 Å². The normalized spacial score (nSPS) is 24.6. The summed E-state index contributed by atoms with van der Waals surface area (Å²) in [5.74, 6) is 4.22. The van der Waals surface area contributed by atoms with Gasteiger partial charge in [-0.1, -0.05) is 32.9 Å². The first-order chi connectivity index (χ1) is 8.65. The number of benzene rings is 1. The fraction of sp³-hybridized carbons (Fsp3) is 0.647. The van der Waals surface area contributed by atoms with Crippen LogP contribution in [0.3, 0.4) is 0 Å². The van der Waals surface area contributed by atoms with Crippen molar-refractivity contribution in [2.45, 2.75) is 46.0 Å². The zero-order chi connectivity index (χ0) is 12.7. The van der Waals surface area contributed by atoms with E-state index in [4.69, 9.17) is 4.74 Å². The molecule has 0 aromatic heterocycles. The van der Waals surface area contributed by atoms with Gasteiger partial charge in [-0.05, 0) is 60.1 Å². The molecule has 1 aromatic carbocycles. The predicted octanol–water partition coefficient (Wildman–Crippen LogP) is 4.41. The molecule has 0 saturated heterocycles. The van der Waals surface area contributed by atoms with Crippen molar-refractivity contribution in [3.05, 3.63) is 29.3 Å². The van der Waals surface area contributed by atoms with Crippen LogP contribution in [-0.2, 0) is 6.42 Å². The second-order valence-corrected chi connectivity index (χ2v) is 6.59. The van der Waals surface area contributed by atoms with Gasteiger partial charge < -0.3 is 4.74 Å². The molecule has 1 aliphatic heterocycles. The Kier molecular flexibility index (Phi) is 3.09. The average Bonchev–Trinajstić information content (AvgIpc) is 3.12. The molecule has 1 nitrogen and oxygen atoms in total. The Morgan fingerprint density at radius 1 is 1.22 bits per heavy atom. The van der Waals surface area contributed by atoms with Crippen molar-refractivity contribution in [1.29, 1.82) is 0 Å². The summed E-state index contributed by atoms with van der Waals surface area (Å²) in [4.78, 5) is 0. The van der Waals surface area contributed by atoms with E-state index in [0.29, 0.717) is 5.92 Å². The molecule has 0 N–H and O–H groups in total. The third kappa shape index (κ3) is 2.28. The van der Waals surface area contributed by atoms with E-state index in [1.165, 1.54) is 24.8 Å². The van der Waals surface area contributed by atoms with Crippen LogP contribution in [0.5, 0.6) is 5.75 Å². The van der Waals surface area contributed by atoms with E-state index >= 15 is 0 Å². The lowest BCUT2D eigenvalue weighted by atomic mass is 9.83. The highest BCUT2D eigenvalue weighted by Crippen LogP contribution is 2.47. The fourth-order valence-electron chi connectivity index (χ4n) is 3.43. The van der Waals surface area contributed by atoms with Crippen LogP contribution in [0, 0.1) is 17.8 Å². The summed E-state index contributed by atoms with van der Waals surface area (Å²) in [6, 6.07) is 6.93. The quantitative estimate of drug-likeness (QED) is 0.765. The van der Waals surface area contributed by atoms with E-state index in [1.54, 1.807) is 5.56 Å². The molecule has 2 aliphatic rings. The van der Waals surface area contributed by atoms with E-state index in [-0.39, 0.29) is 0 Å². The summed E-state index contributed by atoms with van der Waals surface area (Å²) in [5.41, 5.74) is 2.97. The fourth-order valence-corrected chi connectivity index (χ4v) is 3.43. The van der Waals surface area contributed by atoms with Crippen molar-refractivity contribution in [1.82, 2.24) is 0 Å². The van der Waals surface area contributed by atoms with E-state index in [9.17, 15) is 0 Å². The Labute approximate surface area is 111 Å². The average molecular weight is 244 g/mol. The summed E-state index contributed by atoms with van der Waals surface area (Å²) in [6.45, 7) is 7.88. The summed E-state index contributed by atoms with van der Waals surface area (Å²) in [5, 5.41) is 0. The third-order valence-electron chi connectivity index (χ3n) is 4.41. The third-order valence-corrected chi connectivity index (χ3v) is 4.41. The van der Waals surface area contributed by atoms with Crippen molar-refractivity contribution >= 4 is 0 Å². The van der Waals surface area contributed by atoms with Crippen LogP contribution in [0.2, 0.25) is 0 Å². The minimum atomic E-state index is 0.658. The Morgan fingerprint density at radius 2 is 2.00 bits per heavy atom. The van der Waals surface area contributed by atoms with Gasteiger partial charge in [0.25, 0.3) is 0 Å². The molecular formula is C17H24O. The van der Waals surface area contributed by atoms with E-state index in [0.717, 1.165) is 30.1 Å². The highest BCUT2D eigenvalue weighted by molar-refractivity contribution is 5.40. The number of hydrogen-bond acceptors (Lipinski definition) is 1. The number of rotatable bonds is 3. The van der Waals surface area contributed by atoms with Gasteiger partial charge in [-0.2, -0.15) is 0 Å². The molecule has 1 heteroatoms. The minimum absolute atomic E-state index is 0.658. The van der Waals surface area contributed by atoms with Crippen molar-refractivity contribution < 1.29 is 4.74 Å². The first-order valence-corrected chi connectivity index (χ1v) is 7.40. The van der Waals surface area contributed by atoms with Crippen molar-refractivity contribution in [2.24, 2.45) is 17.8 Å². The van der Waals surface area contributed by atoms with Gasteiger partial charge in [0.2, 0.25) is 0 Å². The Bertz CT molecular complexity index is 429. The number of hydrogen-bond donors (Lipinski definition) is 0. The lowest BCUT2D eigenvalue weighted by molar-refractivity contribution is 0.233. The molecule has 1 fully saturated rings. The molecule has 0 bridgehead atoms. The van der Waals surface area contributed by atoms with E-state index in [1.807, 2.05) is 0 Å². The molecule has 0 spiro atoms. The van der Waals surface area contributed by atoms with Crippen LogP contribution in [0.1, 0.15) is 50.7 Å². The zero-order valence-electron chi connectivity index (χ0n) is 11.8.